The number of nitrogens with zero attached hydrogens (tertiary/aromatic N) is 3. The minimum absolute atomic E-state index is 0.0114. The molecule has 0 atom stereocenters. The van der Waals surface area contributed by atoms with Crippen LogP contribution in [0.2, 0.25) is 0 Å². The van der Waals surface area contributed by atoms with Gasteiger partial charge in [0.1, 0.15) is 11.4 Å². The second-order valence-electron chi connectivity index (χ2n) is 7.94. The van der Waals surface area contributed by atoms with Crippen LogP contribution in [-0.2, 0) is 11.3 Å². The van der Waals surface area contributed by atoms with E-state index in [1.165, 1.54) is 0 Å². The van der Waals surface area contributed by atoms with Crippen LogP contribution in [0, 0.1) is 0 Å². The molecule has 1 saturated heterocycles. The molecule has 0 bridgehead atoms. The van der Waals surface area contributed by atoms with Crippen molar-refractivity contribution >= 4 is 22.7 Å². The maximum absolute atomic E-state index is 12.9. The molecule has 1 fully saturated rings. The highest BCUT2D eigenvalue weighted by Crippen LogP contribution is 2.17. The standard InChI is InChI=1S/C24H28N4O3/c1-26(16-18-6-5-8-20(14-18)31-2)23(29)17-27-10-12-28(13-11-27)24(30)22-15-19-7-3-4-9-21(19)25-22/h3-9,14-15,25H,10-13,16-17H2,1-2H3. The number of piperazine rings is 1. The number of hydrogen-bond donors (Lipinski definition) is 1. The number of benzene rings is 2. The smallest absolute Gasteiger partial charge is 0.270 e. The van der Waals surface area contributed by atoms with Crippen LogP contribution in [0.3, 0.4) is 0 Å². The van der Waals surface area contributed by atoms with Gasteiger partial charge in [-0.3, -0.25) is 14.5 Å². The maximum atomic E-state index is 12.9. The first kappa shape index (κ1) is 20.9. The van der Waals surface area contributed by atoms with E-state index in [9.17, 15) is 9.59 Å². The molecule has 31 heavy (non-hydrogen) atoms. The summed E-state index contributed by atoms with van der Waals surface area (Å²) in [4.78, 5) is 34.4. The zero-order valence-corrected chi connectivity index (χ0v) is 18.0. The van der Waals surface area contributed by atoms with E-state index in [1.54, 1.807) is 12.0 Å². The molecule has 1 N–H and O–H groups in total. The molecule has 1 aromatic heterocycles. The first-order valence-corrected chi connectivity index (χ1v) is 10.5. The summed E-state index contributed by atoms with van der Waals surface area (Å²) in [5.41, 5.74) is 2.61. The van der Waals surface area contributed by atoms with Crippen molar-refractivity contribution in [2.24, 2.45) is 0 Å². The number of para-hydroxylation sites is 1. The van der Waals surface area contributed by atoms with Gasteiger partial charge in [0.2, 0.25) is 5.91 Å². The second kappa shape index (κ2) is 9.22. The highest BCUT2D eigenvalue weighted by Gasteiger charge is 2.25. The molecule has 162 valence electrons. The zero-order chi connectivity index (χ0) is 21.8. The highest BCUT2D eigenvalue weighted by molar-refractivity contribution is 5.98. The van der Waals surface area contributed by atoms with Gasteiger partial charge < -0.3 is 19.5 Å². The van der Waals surface area contributed by atoms with Crippen molar-refractivity contribution in [2.45, 2.75) is 6.54 Å². The Bertz CT molecular complexity index is 1040. The van der Waals surface area contributed by atoms with Gasteiger partial charge in [-0.2, -0.15) is 0 Å². The lowest BCUT2D eigenvalue weighted by Gasteiger charge is -2.34. The summed E-state index contributed by atoms with van der Waals surface area (Å²) in [5, 5.41) is 1.04. The summed E-state index contributed by atoms with van der Waals surface area (Å²) in [7, 11) is 3.45. The fraction of sp³-hybridized carbons (Fsp3) is 0.333. The first-order chi connectivity index (χ1) is 15.0. The topological polar surface area (TPSA) is 68.9 Å². The molecule has 0 aliphatic carbocycles. The summed E-state index contributed by atoms with van der Waals surface area (Å²) in [6.07, 6.45) is 0. The Kier molecular flexibility index (Phi) is 6.23. The quantitative estimate of drug-likeness (QED) is 0.666. The van der Waals surface area contributed by atoms with E-state index in [-0.39, 0.29) is 11.8 Å². The monoisotopic (exact) mass is 420 g/mol. The lowest BCUT2D eigenvalue weighted by molar-refractivity contribution is -0.132. The van der Waals surface area contributed by atoms with Gasteiger partial charge in [0.05, 0.1) is 13.7 Å². The summed E-state index contributed by atoms with van der Waals surface area (Å²) < 4.78 is 5.25. The third-order valence-corrected chi connectivity index (χ3v) is 5.76. The number of rotatable bonds is 6. The lowest BCUT2D eigenvalue weighted by Crippen LogP contribution is -2.51. The molecule has 7 nitrogen and oxygen atoms in total. The zero-order valence-electron chi connectivity index (χ0n) is 18.0. The Morgan fingerprint density at radius 1 is 1.03 bits per heavy atom. The Morgan fingerprint density at radius 3 is 2.55 bits per heavy atom. The van der Waals surface area contributed by atoms with Crippen LogP contribution >= 0.6 is 0 Å². The Hall–Kier alpha value is -3.32. The van der Waals surface area contributed by atoms with Crippen molar-refractivity contribution in [2.75, 3.05) is 46.9 Å². The molecule has 7 heteroatoms. The molecule has 0 unspecified atom stereocenters. The molecule has 2 amide bonds. The molecule has 2 heterocycles. The van der Waals surface area contributed by atoms with Crippen molar-refractivity contribution in [3.8, 4) is 5.75 Å². The Morgan fingerprint density at radius 2 is 1.81 bits per heavy atom. The van der Waals surface area contributed by atoms with Crippen LogP contribution in [0.15, 0.2) is 54.6 Å². The molecular weight excluding hydrogens is 392 g/mol. The van der Waals surface area contributed by atoms with Crippen LogP contribution in [0.5, 0.6) is 5.75 Å². The van der Waals surface area contributed by atoms with E-state index >= 15 is 0 Å². The minimum atomic E-state index is 0.0114. The van der Waals surface area contributed by atoms with Crippen LogP contribution < -0.4 is 4.74 Å². The molecular formula is C24H28N4O3. The number of aromatic amines is 1. The van der Waals surface area contributed by atoms with Crippen LogP contribution in [0.25, 0.3) is 10.9 Å². The summed E-state index contributed by atoms with van der Waals surface area (Å²) >= 11 is 0. The second-order valence-corrected chi connectivity index (χ2v) is 7.94. The van der Waals surface area contributed by atoms with Crippen molar-refractivity contribution in [3.63, 3.8) is 0 Å². The number of likely N-dealkylation sites (N-methyl/N-ethyl adjacent to an activating group) is 1. The van der Waals surface area contributed by atoms with Crippen molar-refractivity contribution in [1.29, 1.82) is 0 Å². The third kappa shape index (κ3) is 4.88. The first-order valence-electron chi connectivity index (χ1n) is 10.5. The number of carbonyl (C=O) groups excluding carboxylic acids is 2. The molecule has 0 radical (unpaired) electrons. The fourth-order valence-corrected chi connectivity index (χ4v) is 3.91. The van der Waals surface area contributed by atoms with E-state index in [4.69, 9.17) is 4.74 Å². The number of carbonyl (C=O) groups is 2. The fourth-order valence-electron chi connectivity index (χ4n) is 3.91. The highest BCUT2D eigenvalue weighted by atomic mass is 16.5. The van der Waals surface area contributed by atoms with Gasteiger partial charge in [-0.05, 0) is 29.8 Å². The van der Waals surface area contributed by atoms with Crippen molar-refractivity contribution in [3.05, 3.63) is 65.9 Å². The average Bonchev–Trinajstić information content (AvgIpc) is 3.23. The predicted octanol–water partition coefficient (Wildman–Crippen LogP) is 2.59. The van der Waals surface area contributed by atoms with E-state index in [2.05, 4.69) is 9.88 Å². The largest absolute Gasteiger partial charge is 0.497 e. The molecule has 0 spiro atoms. The number of fused-ring (bicyclic) bond motifs is 1. The molecule has 3 aromatic rings. The van der Waals surface area contributed by atoms with Gasteiger partial charge in [0.25, 0.3) is 5.91 Å². The van der Waals surface area contributed by atoms with Crippen molar-refractivity contribution in [1.82, 2.24) is 19.7 Å². The van der Waals surface area contributed by atoms with E-state index in [1.807, 2.05) is 66.5 Å². The number of hydrogen-bond acceptors (Lipinski definition) is 4. The molecule has 1 aliphatic heterocycles. The summed E-state index contributed by atoms with van der Waals surface area (Å²) in [6, 6.07) is 17.5. The van der Waals surface area contributed by atoms with Crippen molar-refractivity contribution < 1.29 is 14.3 Å². The van der Waals surface area contributed by atoms with Crippen LogP contribution in [-0.4, -0.2) is 78.4 Å². The van der Waals surface area contributed by atoms with Gasteiger partial charge in [-0.25, -0.2) is 0 Å². The normalized spacial score (nSPS) is 14.6. The summed E-state index contributed by atoms with van der Waals surface area (Å²) in [6.45, 7) is 3.49. The Labute approximate surface area is 182 Å². The van der Waals surface area contributed by atoms with Gasteiger partial charge in [-0.1, -0.05) is 30.3 Å². The number of nitrogens with one attached hydrogen (secondary N) is 1. The number of methoxy groups -OCH3 is 1. The maximum Gasteiger partial charge on any atom is 0.270 e. The third-order valence-electron chi connectivity index (χ3n) is 5.76. The van der Waals surface area contributed by atoms with Gasteiger partial charge in [0, 0.05) is 50.7 Å². The molecule has 1 aliphatic rings. The van der Waals surface area contributed by atoms with Crippen LogP contribution in [0.1, 0.15) is 16.1 Å². The van der Waals surface area contributed by atoms with Gasteiger partial charge in [0.15, 0.2) is 0 Å². The SMILES string of the molecule is COc1cccc(CN(C)C(=O)CN2CCN(C(=O)c3cc4ccccc4[nH]3)CC2)c1. The predicted molar refractivity (Wildman–Crippen MR) is 120 cm³/mol. The Balaban J connectivity index is 1.28. The summed E-state index contributed by atoms with van der Waals surface area (Å²) in [5.74, 6) is 0.865. The average molecular weight is 421 g/mol. The van der Waals surface area contributed by atoms with Gasteiger partial charge in [-0.15, -0.1) is 0 Å². The van der Waals surface area contributed by atoms with Crippen LogP contribution in [0.4, 0.5) is 0 Å². The molecule has 2 aromatic carbocycles. The number of ether oxygens (including phenoxy) is 1. The molecule has 0 saturated carbocycles. The van der Waals surface area contributed by atoms with Gasteiger partial charge >= 0.3 is 0 Å². The van der Waals surface area contributed by atoms with E-state index in [0.717, 1.165) is 22.2 Å². The minimum Gasteiger partial charge on any atom is -0.497 e. The number of H-pyrrole nitrogens is 1. The molecule has 4 rings (SSSR count). The number of amides is 2. The van der Waals surface area contributed by atoms with E-state index in [0.29, 0.717) is 45.0 Å². The van der Waals surface area contributed by atoms with E-state index < -0.39 is 0 Å². The number of aromatic nitrogens is 1. The lowest BCUT2D eigenvalue weighted by atomic mass is 10.2.